The van der Waals surface area contributed by atoms with Gasteiger partial charge in [0.1, 0.15) is 5.75 Å². The predicted molar refractivity (Wildman–Crippen MR) is 164 cm³/mol. The Balaban J connectivity index is 1.67. The molecule has 0 bridgehead atoms. The van der Waals surface area contributed by atoms with Crippen LogP contribution in [0.15, 0.2) is 72.8 Å². The zero-order valence-corrected chi connectivity index (χ0v) is 24.5. The number of hydrogen-bond acceptors (Lipinski definition) is 3. The molecule has 3 nitrogen and oxygen atoms in total. The molecule has 202 valence electrons. The van der Waals surface area contributed by atoms with Crippen molar-refractivity contribution < 1.29 is 4.74 Å². The molecule has 3 aromatic carbocycles. The monoisotopic (exact) mass is 518 g/mol. The molecule has 0 radical (unpaired) electrons. The van der Waals surface area contributed by atoms with Gasteiger partial charge in [-0.1, -0.05) is 95.3 Å². The zero-order chi connectivity index (χ0) is 27.7. The van der Waals surface area contributed by atoms with Crippen LogP contribution >= 0.6 is 0 Å². The number of pyridine rings is 1. The fourth-order valence-corrected chi connectivity index (χ4v) is 6.07. The van der Waals surface area contributed by atoms with Gasteiger partial charge in [0, 0.05) is 16.8 Å². The minimum Gasteiger partial charge on any atom is -0.493 e. The summed E-state index contributed by atoms with van der Waals surface area (Å²) in [5.41, 5.74) is 12.1. The van der Waals surface area contributed by atoms with Crippen molar-refractivity contribution in [3.8, 4) is 17.0 Å². The van der Waals surface area contributed by atoms with E-state index in [1.54, 1.807) is 0 Å². The lowest BCUT2D eigenvalue weighted by Gasteiger charge is -2.29. The minimum atomic E-state index is -0.0844. The van der Waals surface area contributed by atoms with Crippen molar-refractivity contribution in [3.05, 3.63) is 112 Å². The fraction of sp³-hybridized carbons (Fsp3) is 0.361. The summed E-state index contributed by atoms with van der Waals surface area (Å²) in [7, 11) is 0. The van der Waals surface area contributed by atoms with Gasteiger partial charge in [0.2, 0.25) is 0 Å². The number of aryl methyl sites for hydroxylation is 2. The topological polar surface area (TPSA) is 34.2 Å². The first kappa shape index (κ1) is 27.0. The van der Waals surface area contributed by atoms with Crippen molar-refractivity contribution in [2.75, 3.05) is 11.9 Å². The number of fused-ring (bicyclic) bond motifs is 1. The molecular formula is C36H42N2O. The van der Waals surface area contributed by atoms with Gasteiger partial charge in [-0.25, -0.2) is 0 Å². The number of nitrogens with one attached hydrogen (secondary N) is 1. The number of benzene rings is 3. The van der Waals surface area contributed by atoms with Gasteiger partial charge in [-0.3, -0.25) is 4.98 Å². The molecule has 5 rings (SSSR count). The van der Waals surface area contributed by atoms with Crippen molar-refractivity contribution in [2.24, 2.45) is 0 Å². The van der Waals surface area contributed by atoms with Crippen molar-refractivity contribution in [2.45, 2.75) is 78.7 Å². The molecule has 0 saturated carbocycles. The number of ether oxygens (including phenoxy) is 1. The van der Waals surface area contributed by atoms with Gasteiger partial charge in [-0.2, -0.15) is 0 Å². The Morgan fingerprint density at radius 1 is 0.821 bits per heavy atom. The highest BCUT2D eigenvalue weighted by atomic mass is 16.5. The van der Waals surface area contributed by atoms with Crippen LogP contribution in [0.5, 0.6) is 5.75 Å². The maximum absolute atomic E-state index is 6.20. The van der Waals surface area contributed by atoms with Crippen LogP contribution in [0, 0.1) is 13.8 Å². The standard InChI is InChI=1S/C36H42N2O/c1-22(2)28-15-11-16-29(23(3)4)35(28)38-34(27-13-9-8-10-14-27)31-18-12-17-30(37-31)32-25(6)21-26(7)36-33(32)24(5)19-20-39-36/h8-18,21-24,34,38H,19-20H2,1-7H3. The number of anilines is 1. The Morgan fingerprint density at radius 3 is 2.15 bits per heavy atom. The second kappa shape index (κ2) is 11.3. The van der Waals surface area contributed by atoms with Crippen LogP contribution < -0.4 is 10.1 Å². The Kier molecular flexibility index (Phi) is 7.79. The summed E-state index contributed by atoms with van der Waals surface area (Å²) in [6.45, 7) is 16.5. The van der Waals surface area contributed by atoms with E-state index in [4.69, 9.17) is 9.72 Å². The molecule has 1 aromatic heterocycles. The van der Waals surface area contributed by atoms with E-state index in [2.05, 4.69) is 127 Å². The summed E-state index contributed by atoms with van der Waals surface area (Å²) >= 11 is 0. The smallest absolute Gasteiger partial charge is 0.126 e. The fourth-order valence-electron chi connectivity index (χ4n) is 6.07. The number of rotatable bonds is 7. The lowest BCUT2D eigenvalue weighted by atomic mass is 9.85. The van der Waals surface area contributed by atoms with Crippen LogP contribution in [0.1, 0.15) is 104 Å². The van der Waals surface area contributed by atoms with Gasteiger partial charge in [-0.05, 0) is 78.0 Å². The van der Waals surface area contributed by atoms with Crippen LogP contribution in [0.4, 0.5) is 5.69 Å². The predicted octanol–water partition coefficient (Wildman–Crippen LogP) is 9.70. The molecular weight excluding hydrogens is 476 g/mol. The normalized spacial score (nSPS) is 15.7. The van der Waals surface area contributed by atoms with Crippen molar-refractivity contribution >= 4 is 5.69 Å². The second-order valence-corrected chi connectivity index (χ2v) is 11.7. The van der Waals surface area contributed by atoms with Crippen LogP contribution in [0.3, 0.4) is 0 Å². The average Bonchev–Trinajstić information content (AvgIpc) is 2.92. The van der Waals surface area contributed by atoms with E-state index in [1.165, 1.54) is 44.6 Å². The number of hydrogen-bond donors (Lipinski definition) is 1. The molecule has 2 heterocycles. The zero-order valence-electron chi connectivity index (χ0n) is 24.5. The third-order valence-corrected chi connectivity index (χ3v) is 8.11. The van der Waals surface area contributed by atoms with E-state index < -0.39 is 0 Å². The number of aromatic nitrogens is 1. The Hall–Kier alpha value is -3.59. The maximum Gasteiger partial charge on any atom is 0.126 e. The van der Waals surface area contributed by atoms with E-state index in [1.807, 2.05) is 0 Å². The summed E-state index contributed by atoms with van der Waals surface area (Å²) < 4.78 is 6.20. The SMILES string of the molecule is Cc1cc(C)c(-c2cccc(C(Nc3c(C(C)C)cccc3C(C)C)c3ccccc3)n2)c2c1OCCC2C. The molecule has 1 aliphatic heterocycles. The lowest BCUT2D eigenvalue weighted by Crippen LogP contribution is -2.18. The van der Waals surface area contributed by atoms with Gasteiger partial charge < -0.3 is 10.1 Å². The molecule has 3 heteroatoms. The number of para-hydroxylation sites is 1. The van der Waals surface area contributed by atoms with Gasteiger partial charge in [-0.15, -0.1) is 0 Å². The van der Waals surface area contributed by atoms with Gasteiger partial charge in [0.25, 0.3) is 0 Å². The highest BCUT2D eigenvalue weighted by Gasteiger charge is 2.27. The summed E-state index contributed by atoms with van der Waals surface area (Å²) in [5, 5.41) is 4.00. The third-order valence-electron chi connectivity index (χ3n) is 8.11. The summed E-state index contributed by atoms with van der Waals surface area (Å²) in [5.74, 6) is 2.30. The largest absolute Gasteiger partial charge is 0.493 e. The summed E-state index contributed by atoms with van der Waals surface area (Å²) in [6.07, 6.45) is 1.03. The Labute approximate surface area is 234 Å². The minimum absolute atomic E-state index is 0.0844. The van der Waals surface area contributed by atoms with Crippen LogP contribution in [0.2, 0.25) is 0 Å². The van der Waals surface area contributed by atoms with E-state index >= 15 is 0 Å². The molecule has 2 unspecified atom stereocenters. The van der Waals surface area contributed by atoms with Gasteiger partial charge >= 0.3 is 0 Å². The Bertz CT molecular complexity index is 1430. The highest BCUT2D eigenvalue weighted by molar-refractivity contribution is 5.74. The number of nitrogens with zero attached hydrogens (tertiary/aromatic N) is 1. The summed E-state index contributed by atoms with van der Waals surface area (Å²) in [6, 6.07) is 26.1. The van der Waals surface area contributed by atoms with Crippen molar-refractivity contribution in [3.63, 3.8) is 0 Å². The first-order valence-electron chi connectivity index (χ1n) is 14.4. The molecule has 39 heavy (non-hydrogen) atoms. The quantitative estimate of drug-likeness (QED) is 0.264. The van der Waals surface area contributed by atoms with Crippen LogP contribution in [0.25, 0.3) is 11.3 Å². The molecule has 0 fully saturated rings. The van der Waals surface area contributed by atoms with Crippen molar-refractivity contribution in [1.29, 1.82) is 0 Å². The van der Waals surface area contributed by atoms with Crippen molar-refractivity contribution in [1.82, 2.24) is 4.98 Å². The van der Waals surface area contributed by atoms with E-state index in [0.29, 0.717) is 17.8 Å². The molecule has 4 aromatic rings. The molecule has 1 N–H and O–H groups in total. The average molecular weight is 519 g/mol. The third kappa shape index (κ3) is 5.32. The molecule has 0 saturated heterocycles. The molecule has 0 spiro atoms. The highest BCUT2D eigenvalue weighted by Crippen LogP contribution is 2.44. The second-order valence-electron chi connectivity index (χ2n) is 11.7. The molecule has 0 amide bonds. The lowest BCUT2D eigenvalue weighted by molar-refractivity contribution is 0.270. The Morgan fingerprint density at radius 2 is 1.49 bits per heavy atom. The summed E-state index contributed by atoms with van der Waals surface area (Å²) in [4.78, 5) is 5.38. The van der Waals surface area contributed by atoms with Gasteiger partial charge in [0.15, 0.2) is 0 Å². The molecule has 1 aliphatic rings. The molecule has 2 atom stereocenters. The van der Waals surface area contributed by atoms with Gasteiger partial charge in [0.05, 0.1) is 24.0 Å². The van der Waals surface area contributed by atoms with Crippen LogP contribution in [-0.4, -0.2) is 11.6 Å². The first-order chi connectivity index (χ1) is 18.8. The van der Waals surface area contributed by atoms with E-state index in [-0.39, 0.29) is 6.04 Å². The molecule has 0 aliphatic carbocycles. The van der Waals surface area contributed by atoms with E-state index in [0.717, 1.165) is 30.2 Å². The maximum atomic E-state index is 6.20. The van der Waals surface area contributed by atoms with Crippen LogP contribution in [-0.2, 0) is 0 Å². The van der Waals surface area contributed by atoms with E-state index in [9.17, 15) is 0 Å². The first-order valence-corrected chi connectivity index (χ1v) is 14.4.